The van der Waals surface area contributed by atoms with Gasteiger partial charge >= 0.3 is 11.9 Å². The van der Waals surface area contributed by atoms with E-state index in [4.69, 9.17) is 4.74 Å². The lowest BCUT2D eigenvalue weighted by Gasteiger charge is -2.08. The molecule has 0 amide bonds. The summed E-state index contributed by atoms with van der Waals surface area (Å²) < 4.78 is 10.0. The van der Waals surface area contributed by atoms with Crippen LogP contribution in [0.25, 0.3) is 0 Å². The third-order valence-corrected chi connectivity index (χ3v) is 4.05. The zero-order chi connectivity index (χ0) is 16.2. The number of aryl methyl sites for hydroxylation is 2. The molecule has 0 radical (unpaired) electrons. The first kappa shape index (κ1) is 15.3. The van der Waals surface area contributed by atoms with Crippen LogP contribution in [0.3, 0.4) is 0 Å². The third-order valence-electron chi connectivity index (χ3n) is 4.05. The molecule has 0 heterocycles. The second-order valence-electron chi connectivity index (χ2n) is 5.61. The maximum Gasteiger partial charge on any atom is 0.338 e. The molecule has 23 heavy (non-hydrogen) atoms. The van der Waals surface area contributed by atoms with E-state index >= 15 is 0 Å². The Kier molecular flexibility index (Phi) is 4.42. The van der Waals surface area contributed by atoms with E-state index in [0.29, 0.717) is 11.1 Å². The number of benzene rings is 2. The van der Waals surface area contributed by atoms with Crippen molar-refractivity contribution in [3.8, 4) is 0 Å². The van der Waals surface area contributed by atoms with Crippen molar-refractivity contribution >= 4 is 11.9 Å². The first-order chi connectivity index (χ1) is 11.2. The van der Waals surface area contributed by atoms with E-state index in [2.05, 4.69) is 4.74 Å². The lowest BCUT2D eigenvalue weighted by atomic mass is 10.1. The smallest absolute Gasteiger partial charge is 0.338 e. The van der Waals surface area contributed by atoms with E-state index in [1.807, 2.05) is 24.3 Å². The van der Waals surface area contributed by atoms with Gasteiger partial charge in [0, 0.05) is 0 Å². The van der Waals surface area contributed by atoms with Gasteiger partial charge in [-0.3, -0.25) is 0 Å². The number of esters is 2. The largest absolute Gasteiger partial charge is 0.465 e. The third kappa shape index (κ3) is 3.42. The number of hydrogen-bond donors (Lipinski definition) is 0. The topological polar surface area (TPSA) is 52.6 Å². The molecule has 4 heteroatoms. The predicted molar refractivity (Wildman–Crippen MR) is 85.4 cm³/mol. The van der Waals surface area contributed by atoms with Gasteiger partial charge in [0.15, 0.2) is 0 Å². The summed E-state index contributed by atoms with van der Waals surface area (Å²) in [5.41, 5.74) is 4.34. The molecule has 0 N–H and O–H groups in total. The Morgan fingerprint density at radius 2 is 1.74 bits per heavy atom. The average Bonchev–Trinajstić information content (AvgIpc) is 3.06. The van der Waals surface area contributed by atoms with Crippen LogP contribution in [0.2, 0.25) is 0 Å². The van der Waals surface area contributed by atoms with Gasteiger partial charge in [-0.05, 0) is 60.2 Å². The van der Waals surface area contributed by atoms with Crippen LogP contribution in [-0.2, 0) is 28.9 Å². The van der Waals surface area contributed by atoms with Crippen LogP contribution in [-0.4, -0.2) is 19.0 Å². The van der Waals surface area contributed by atoms with E-state index in [1.165, 1.54) is 18.2 Å². The molecule has 118 valence electrons. The summed E-state index contributed by atoms with van der Waals surface area (Å²) in [6.07, 6.45) is 3.26. The van der Waals surface area contributed by atoms with Crippen molar-refractivity contribution in [3.05, 3.63) is 70.3 Å². The van der Waals surface area contributed by atoms with Crippen molar-refractivity contribution < 1.29 is 19.1 Å². The van der Waals surface area contributed by atoms with E-state index < -0.39 is 5.97 Å². The van der Waals surface area contributed by atoms with Gasteiger partial charge in [0.1, 0.15) is 6.61 Å². The molecule has 1 aliphatic carbocycles. The number of carbonyl (C=O) groups is 2. The standard InChI is InChI=1S/C19H18O4/c1-22-18(20)16-7-2-4-13(10-16)12-23-19(21)17-9-8-14-5-3-6-15(14)11-17/h2,4,7-11H,3,5-6,12H2,1H3. The van der Waals surface area contributed by atoms with Crippen LogP contribution >= 0.6 is 0 Å². The molecule has 0 aromatic heterocycles. The van der Waals surface area contributed by atoms with Crippen LogP contribution in [0.4, 0.5) is 0 Å². The highest BCUT2D eigenvalue weighted by atomic mass is 16.5. The molecule has 2 aromatic rings. The highest BCUT2D eigenvalue weighted by Gasteiger charge is 2.15. The number of methoxy groups -OCH3 is 1. The monoisotopic (exact) mass is 310 g/mol. The van der Waals surface area contributed by atoms with Gasteiger partial charge < -0.3 is 9.47 Å². The lowest BCUT2D eigenvalue weighted by Crippen LogP contribution is -2.07. The zero-order valence-corrected chi connectivity index (χ0v) is 13.0. The normalized spacial score (nSPS) is 12.6. The second kappa shape index (κ2) is 6.65. The number of hydrogen-bond acceptors (Lipinski definition) is 4. The summed E-state index contributed by atoms with van der Waals surface area (Å²) in [7, 11) is 1.34. The Morgan fingerprint density at radius 3 is 2.57 bits per heavy atom. The molecule has 0 saturated heterocycles. The predicted octanol–water partition coefficient (Wildman–Crippen LogP) is 3.32. The van der Waals surface area contributed by atoms with Crippen molar-refractivity contribution in [1.29, 1.82) is 0 Å². The SMILES string of the molecule is COC(=O)c1cccc(COC(=O)c2ccc3c(c2)CCC3)c1. The number of ether oxygens (including phenoxy) is 2. The average molecular weight is 310 g/mol. The van der Waals surface area contributed by atoms with E-state index in [9.17, 15) is 9.59 Å². The minimum atomic E-state index is -0.406. The van der Waals surface area contributed by atoms with Crippen molar-refractivity contribution in [2.45, 2.75) is 25.9 Å². The Bertz CT molecular complexity index is 749. The van der Waals surface area contributed by atoms with E-state index in [1.54, 1.807) is 18.2 Å². The maximum absolute atomic E-state index is 12.2. The van der Waals surface area contributed by atoms with Crippen LogP contribution in [0, 0.1) is 0 Å². The number of carbonyl (C=O) groups excluding carboxylic acids is 2. The molecule has 4 nitrogen and oxygen atoms in total. The molecule has 0 saturated carbocycles. The highest BCUT2D eigenvalue weighted by molar-refractivity contribution is 5.90. The molecule has 3 rings (SSSR count). The van der Waals surface area contributed by atoms with Gasteiger partial charge in [-0.2, -0.15) is 0 Å². The fraction of sp³-hybridized carbons (Fsp3) is 0.263. The summed E-state index contributed by atoms with van der Waals surface area (Å²) in [5, 5.41) is 0. The minimum absolute atomic E-state index is 0.126. The minimum Gasteiger partial charge on any atom is -0.465 e. The van der Waals surface area contributed by atoms with Gasteiger partial charge in [-0.15, -0.1) is 0 Å². The Labute approximate surface area is 135 Å². The second-order valence-corrected chi connectivity index (χ2v) is 5.61. The fourth-order valence-electron chi connectivity index (χ4n) is 2.84. The van der Waals surface area contributed by atoms with Gasteiger partial charge in [-0.1, -0.05) is 18.2 Å². The molecule has 0 aliphatic heterocycles. The quantitative estimate of drug-likeness (QED) is 0.813. The van der Waals surface area contributed by atoms with Crippen molar-refractivity contribution in [3.63, 3.8) is 0 Å². The fourth-order valence-corrected chi connectivity index (χ4v) is 2.84. The summed E-state index contributed by atoms with van der Waals surface area (Å²) in [5.74, 6) is -0.750. The molecule has 1 aliphatic rings. The van der Waals surface area contributed by atoms with Crippen LogP contribution < -0.4 is 0 Å². The Balaban J connectivity index is 1.66. The molecular weight excluding hydrogens is 292 g/mol. The van der Waals surface area contributed by atoms with Crippen LogP contribution in [0.1, 0.15) is 43.8 Å². The van der Waals surface area contributed by atoms with Crippen LogP contribution in [0.5, 0.6) is 0 Å². The molecule has 0 unspecified atom stereocenters. The zero-order valence-electron chi connectivity index (χ0n) is 13.0. The van der Waals surface area contributed by atoms with E-state index in [-0.39, 0.29) is 12.6 Å². The molecule has 0 bridgehead atoms. The van der Waals surface area contributed by atoms with Crippen LogP contribution in [0.15, 0.2) is 42.5 Å². The Morgan fingerprint density at radius 1 is 0.957 bits per heavy atom. The summed E-state index contributed by atoms with van der Waals surface area (Å²) >= 11 is 0. The van der Waals surface area contributed by atoms with Gasteiger partial charge in [0.05, 0.1) is 18.2 Å². The van der Waals surface area contributed by atoms with Crippen molar-refractivity contribution in [2.75, 3.05) is 7.11 Å². The van der Waals surface area contributed by atoms with Crippen molar-refractivity contribution in [2.24, 2.45) is 0 Å². The summed E-state index contributed by atoms with van der Waals surface area (Å²) in [6, 6.07) is 12.6. The summed E-state index contributed by atoms with van der Waals surface area (Å²) in [4.78, 5) is 23.7. The van der Waals surface area contributed by atoms with Gasteiger partial charge in [0.2, 0.25) is 0 Å². The number of rotatable bonds is 4. The highest BCUT2D eigenvalue weighted by Crippen LogP contribution is 2.23. The molecule has 0 spiro atoms. The molecule has 0 fully saturated rings. The first-order valence-corrected chi connectivity index (χ1v) is 7.63. The first-order valence-electron chi connectivity index (χ1n) is 7.63. The number of fused-ring (bicyclic) bond motifs is 1. The van der Waals surface area contributed by atoms with Crippen molar-refractivity contribution in [1.82, 2.24) is 0 Å². The lowest BCUT2D eigenvalue weighted by molar-refractivity contribution is 0.0472. The molecule has 2 aromatic carbocycles. The van der Waals surface area contributed by atoms with Gasteiger partial charge in [0.25, 0.3) is 0 Å². The maximum atomic E-state index is 12.2. The van der Waals surface area contributed by atoms with E-state index in [0.717, 1.165) is 24.8 Å². The Hall–Kier alpha value is -2.62. The summed E-state index contributed by atoms with van der Waals surface area (Å²) in [6.45, 7) is 0.126. The molecular formula is C19H18O4. The van der Waals surface area contributed by atoms with Gasteiger partial charge in [-0.25, -0.2) is 9.59 Å². The molecule has 0 atom stereocenters.